The van der Waals surface area contributed by atoms with Gasteiger partial charge in [0.1, 0.15) is 6.10 Å². The first-order chi connectivity index (χ1) is 8.25. The summed E-state index contributed by atoms with van der Waals surface area (Å²) in [6, 6.07) is 0. The summed E-state index contributed by atoms with van der Waals surface area (Å²) in [6.07, 6.45) is 5.35. The minimum Gasteiger partial charge on any atom is -0.442 e. The fourth-order valence-corrected chi connectivity index (χ4v) is 1.99. The Balaban J connectivity index is 1.82. The molecule has 1 saturated heterocycles. The zero-order chi connectivity index (χ0) is 12.1. The van der Waals surface area contributed by atoms with E-state index in [1.165, 1.54) is 6.42 Å². The highest BCUT2D eigenvalue weighted by Gasteiger charge is 2.20. The van der Waals surface area contributed by atoms with Crippen LogP contribution in [0.2, 0.25) is 0 Å². The Morgan fingerprint density at radius 1 is 1.47 bits per heavy atom. The lowest BCUT2D eigenvalue weighted by Gasteiger charge is -2.19. The molecule has 1 aromatic rings. The monoisotopic (exact) mass is 238 g/mol. The molecule has 4 heteroatoms. The van der Waals surface area contributed by atoms with Crippen LogP contribution in [0.3, 0.4) is 0 Å². The van der Waals surface area contributed by atoms with Crippen molar-refractivity contribution in [2.75, 3.05) is 13.2 Å². The second-order valence-electron chi connectivity index (χ2n) is 5.04. The molecule has 96 valence electrons. The maximum Gasteiger partial charge on any atom is 0.208 e. The van der Waals surface area contributed by atoms with Gasteiger partial charge in [0.05, 0.1) is 12.7 Å². The highest BCUT2D eigenvalue weighted by molar-refractivity contribution is 4.99. The number of oxazole rings is 1. The van der Waals surface area contributed by atoms with Gasteiger partial charge in [-0.25, -0.2) is 4.98 Å². The fourth-order valence-electron chi connectivity index (χ4n) is 1.99. The Morgan fingerprint density at radius 3 is 3.06 bits per heavy atom. The Labute approximate surface area is 103 Å². The van der Waals surface area contributed by atoms with Crippen molar-refractivity contribution >= 4 is 0 Å². The van der Waals surface area contributed by atoms with E-state index in [4.69, 9.17) is 9.15 Å². The van der Waals surface area contributed by atoms with Gasteiger partial charge in [0, 0.05) is 6.61 Å². The molecule has 1 atom stereocenters. The Bertz CT molecular complexity index is 330. The summed E-state index contributed by atoms with van der Waals surface area (Å²) >= 11 is 0. The highest BCUT2D eigenvalue weighted by atomic mass is 16.5. The molecule has 17 heavy (non-hydrogen) atoms. The van der Waals surface area contributed by atoms with Crippen molar-refractivity contribution in [1.29, 1.82) is 0 Å². The van der Waals surface area contributed by atoms with Crippen molar-refractivity contribution in [3.63, 3.8) is 0 Å². The normalized spacial score (nSPS) is 21.0. The molecule has 0 amide bonds. The zero-order valence-electron chi connectivity index (χ0n) is 10.7. The SMILES string of the molecule is CC(C)CNCc1ncc(C2CCCCO2)o1. The molecule has 0 aliphatic carbocycles. The average Bonchev–Trinajstić information content (AvgIpc) is 2.78. The molecule has 0 radical (unpaired) electrons. The van der Waals surface area contributed by atoms with Crippen molar-refractivity contribution in [2.24, 2.45) is 5.92 Å². The third kappa shape index (κ3) is 3.82. The van der Waals surface area contributed by atoms with Crippen LogP contribution in [0.1, 0.15) is 50.9 Å². The standard InChI is InChI=1S/C13H22N2O2/c1-10(2)7-14-9-13-15-8-12(17-13)11-5-3-4-6-16-11/h8,10-11,14H,3-7,9H2,1-2H3. The summed E-state index contributed by atoms with van der Waals surface area (Å²) in [5, 5.41) is 3.32. The van der Waals surface area contributed by atoms with E-state index < -0.39 is 0 Å². The van der Waals surface area contributed by atoms with Crippen molar-refractivity contribution < 1.29 is 9.15 Å². The molecule has 1 unspecified atom stereocenters. The van der Waals surface area contributed by atoms with Crippen molar-refractivity contribution in [1.82, 2.24) is 10.3 Å². The van der Waals surface area contributed by atoms with Crippen molar-refractivity contribution in [3.8, 4) is 0 Å². The first kappa shape index (κ1) is 12.6. The highest BCUT2D eigenvalue weighted by Crippen LogP contribution is 2.27. The lowest BCUT2D eigenvalue weighted by Crippen LogP contribution is -2.19. The molecule has 1 aromatic heterocycles. The van der Waals surface area contributed by atoms with Crippen molar-refractivity contribution in [3.05, 3.63) is 17.8 Å². The van der Waals surface area contributed by atoms with Gasteiger partial charge in [-0.1, -0.05) is 13.8 Å². The predicted molar refractivity (Wildman–Crippen MR) is 65.6 cm³/mol. The van der Waals surface area contributed by atoms with Crippen LogP contribution < -0.4 is 5.32 Å². The molecule has 2 heterocycles. The van der Waals surface area contributed by atoms with Crippen LogP contribution in [0.5, 0.6) is 0 Å². The van der Waals surface area contributed by atoms with E-state index in [0.717, 1.165) is 37.6 Å². The third-order valence-corrected chi connectivity index (χ3v) is 2.90. The zero-order valence-corrected chi connectivity index (χ0v) is 10.7. The number of nitrogens with zero attached hydrogens (tertiary/aromatic N) is 1. The maximum atomic E-state index is 5.71. The molecule has 1 aliphatic rings. The van der Waals surface area contributed by atoms with Crippen LogP contribution in [0.25, 0.3) is 0 Å². The number of nitrogens with one attached hydrogen (secondary N) is 1. The van der Waals surface area contributed by atoms with Gasteiger partial charge in [0.2, 0.25) is 5.89 Å². The van der Waals surface area contributed by atoms with E-state index in [1.807, 2.05) is 6.20 Å². The van der Waals surface area contributed by atoms with Crippen molar-refractivity contribution in [2.45, 2.75) is 45.8 Å². The van der Waals surface area contributed by atoms with Gasteiger partial charge in [-0.3, -0.25) is 0 Å². The largest absolute Gasteiger partial charge is 0.442 e. The van der Waals surface area contributed by atoms with Crippen LogP contribution in [0.4, 0.5) is 0 Å². The smallest absolute Gasteiger partial charge is 0.208 e. The molecular weight excluding hydrogens is 216 g/mol. The number of rotatable bonds is 5. The van der Waals surface area contributed by atoms with Crippen LogP contribution in [-0.2, 0) is 11.3 Å². The van der Waals surface area contributed by atoms with Gasteiger partial charge in [-0.05, 0) is 31.7 Å². The van der Waals surface area contributed by atoms with Crippen LogP contribution >= 0.6 is 0 Å². The first-order valence-corrected chi connectivity index (χ1v) is 6.52. The molecule has 1 aliphatic heterocycles. The van der Waals surface area contributed by atoms with Crippen LogP contribution in [0.15, 0.2) is 10.6 Å². The van der Waals surface area contributed by atoms with Gasteiger partial charge in [0.15, 0.2) is 5.76 Å². The molecule has 1 fully saturated rings. The summed E-state index contributed by atoms with van der Waals surface area (Å²) in [6.45, 7) is 6.89. The summed E-state index contributed by atoms with van der Waals surface area (Å²) in [7, 11) is 0. The minimum absolute atomic E-state index is 0.120. The molecule has 0 bridgehead atoms. The van der Waals surface area contributed by atoms with Gasteiger partial charge in [-0.15, -0.1) is 0 Å². The Hall–Kier alpha value is -0.870. The second-order valence-corrected chi connectivity index (χ2v) is 5.04. The number of ether oxygens (including phenoxy) is 1. The number of hydrogen-bond donors (Lipinski definition) is 1. The topological polar surface area (TPSA) is 47.3 Å². The lowest BCUT2D eigenvalue weighted by molar-refractivity contribution is 0.00122. The van der Waals surface area contributed by atoms with Gasteiger partial charge in [-0.2, -0.15) is 0 Å². The molecule has 0 aromatic carbocycles. The summed E-state index contributed by atoms with van der Waals surface area (Å²) in [4.78, 5) is 4.28. The summed E-state index contributed by atoms with van der Waals surface area (Å²) < 4.78 is 11.4. The first-order valence-electron chi connectivity index (χ1n) is 6.52. The molecule has 2 rings (SSSR count). The summed E-state index contributed by atoms with van der Waals surface area (Å²) in [5.41, 5.74) is 0. The number of aromatic nitrogens is 1. The van der Waals surface area contributed by atoms with E-state index in [9.17, 15) is 0 Å². The van der Waals surface area contributed by atoms with Crippen LogP contribution in [-0.4, -0.2) is 18.1 Å². The quantitative estimate of drug-likeness (QED) is 0.856. The molecule has 0 saturated carbocycles. The third-order valence-electron chi connectivity index (χ3n) is 2.90. The van der Waals surface area contributed by atoms with E-state index in [0.29, 0.717) is 12.5 Å². The summed E-state index contributed by atoms with van der Waals surface area (Å²) in [5.74, 6) is 2.28. The fraction of sp³-hybridized carbons (Fsp3) is 0.769. The van der Waals surface area contributed by atoms with Gasteiger partial charge in [0.25, 0.3) is 0 Å². The average molecular weight is 238 g/mol. The predicted octanol–water partition coefficient (Wildman–Crippen LogP) is 2.66. The number of hydrogen-bond acceptors (Lipinski definition) is 4. The Kier molecular flexibility index (Phi) is 4.57. The van der Waals surface area contributed by atoms with E-state index >= 15 is 0 Å². The van der Waals surface area contributed by atoms with Gasteiger partial charge >= 0.3 is 0 Å². The van der Waals surface area contributed by atoms with Crippen LogP contribution in [0, 0.1) is 5.92 Å². The molecular formula is C13H22N2O2. The molecule has 0 spiro atoms. The van der Waals surface area contributed by atoms with Gasteiger partial charge < -0.3 is 14.5 Å². The lowest BCUT2D eigenvalue weighted by atomic mass is 10.1. The molecule has 4 nitrogen and oxygen atoms in total. The maximum absolute atomic E-state index is 5.71. The Morgan fingerprint density at radius 2 is 2.35 bits per heavy atom. The van der Waals surface area contributed by atoms with E-state index in [1.54, 1.807) is 0 Å². The van der Waals surface area contributed by atoms with E-state index in [-0.39, 0.29) is 6.10 Å². The molecule has 1 N–H and O–H groups in total. The van der Waals surface area contributed by atoms with E-state index in [2.05, 4.69) is 24.1 Å². The second kappa shape index (κ2) is 6.17. The minimum atomic E-state index is 0.120.